The minimum absolute atomic E-state index is 0.0895. The van der Waals surface area contributed by atoms with Gasteiger partial charge in [0, 0.05) is 34.3 Å². The standard InChI is InChI=1S/C24H22N2O3S/c1-16(30-22-13-11-20(12-14-22)25-17(2)27)24(29)26-21-10-6-9-19(15-21)23(28)18-7-4-3-5-8-18/h3-16H,1-2H3,(H,25,27)(H,26,29). The summed E-state index contributed by atoms with van der Waals surface area (Å²) in [6.07, 6.45) is 0. The van der Waals surface area contributed by atoms with Gasteiger partial charge < -0.3 is 10.6 Å². The maximum absolute atomic E-state index is 12.6. The molecule has 2 N–H and O–H groups in total. The number of hydrogen-bond donors (Lipinski definition) is 2. The van der Waals surface area contributed by atoms with Crippen LogP contribution in [0.4, 0.5) is 11.4 Å². The molecule has 0 heterocycles. The third kappa shape index (κ3) is 5.81. The molecule has 0 bridgehead atoms. The summed E-state index contributed by atoms with van der Waals surface area (Å²) in [6.45, 7) is 3.28. The van der Waals surface area contributed by atoms with Crippen LogP contribution in [-0.4, -0.2) is 22.8 Å². The molecule has 0 fully saturated rings. The van der Waals surface area contributed by atoms with Crippen molar-refractivity contribution >= 4 is 40.7 Å². The van der Waals surface area contributed by atoms with Crippen LogP contribution in [0.1, 0.15) is 29.8 Å². The first-order chi connectivity index (χ1) is 14.4. The first-order valence-corrected chi connectivity index (χ1v) is 10.4. The summed E-state index contributed by atoms with van der Waals surface area (Å²) in [7, 11) is 0. The van der Waals surface area contributed by atoms with Crippen molar-refractivity contribution in [2.45, 2.75) is 24.0 Å². The van der Waals surface area contributed by atoms with Gasteiger partial charge in [0.15, 0.2) is 5.78 Å². The van der Waals surface area contributed by atoms with E-state index in [0.29, 0.717) is 22.5 Å². The topological polar surface area (TPSA) is 75.3 Å². The molecule has 0 saturated heterocycles. The Balaban J connectivity index is 1.62. The number of hydrogen-bond acceptors (Lipinski definition) is 4. The largest absolute Gasteiger partial charge is 0.326 e. The summed E-state index contributed by atoms with van der Waals surface area (Å²) < 4.78 is 0. The third-order valence-electron chi connectivity index (χ3n) is 4.29. The molecule has 0 aromatic heterocycles. The van der Waals surface area contributed by atoms with Crippen LogP contribution in [0.15, 0.2) is 83.8 Å². The van der Waals surface area contributed by atoms with Gasteiger partial charge in [0.2, 0.25) is 11.8 Å². The predicted octanol–water partition coefficient (Wildman–Crippen LogP) is 5.00. The van der Waals surface area contributed by atoms with E-state index in [1.807, 2.05) is 37.3 Å². The molecular weight excluding hydrogens is 396 g/mol. The summed E-state index contributed by atoms with van der Waals surface area (Å²) in [5.41, 5.74) is 2.42. The number of carbonyl (C=O) groups excluding carboxylic acids is 3. The van der Waals surface area contributed by atoms with E-state index in [9.17, 15) is 14.4 Å². The first kappa shape index (κ1) is 21.3. The number of carbonyl (C=O) groups is 3. The van der Waals surface area contributed by atoms with E-state index in [-0.39, 0.29) is 22.8 Å². The lowest BCUT2D eigenvalue weighted by Gasteiger charge is -2.13. The predicted molar refractivity (Wildman–Crippen MR) is 121 cm³/mol. The van der Waals surface area contributed by atoms with Gasteiger partial charge in [0.05, 0.1) is 5.25 Å². The van der Waals surface area contributed by atoms with Gasteiger partial charge in [0.25, 0.3) is 0 Å². The average molecular weight is 419 g/mol. The molecule has 0 aliphatic carbocycles. The van der Waals surface area contributed by atoms with Crippen LogP contribution in [0.2, 0.25) is 0 Å². The Kier molecular flexibility index (Phi) is 7.03. The summed E-state index contributed by atoms with van der Waals surface area (Å²) in [5.74, 6) is -0.375. The van der Waals surface area contributed by atoms with Crippen molar-refractivity contribution in [1.82, 2.24) is 0 Å². The quantitative estimate of drug-likeness (QED) is 0.418. The van der Waals surface area contributed by atoms with Gasteiger partial charge in [-0.25, -0.2) is 0 Å². The summed E-state index contributed by atoms with van der Waals surface area (Å²) in [6, 6.07) is 23.3. The molecule has 1 atom stereocenters. The number of rotatable bonds is 7. The Morgan fingerprint density at radius 1 is 0.767 bits per heavy atom. The monoisotopic (exact) mass is 418 g/mol. The highest BCUT2D eigenvalue weighted by atomic mass is 32.2. The Morgan fingerprint density at radius 2 is 1.43 bits per heavy atom. The van der Waals surface area contributed by atoms with E-state index < -0.39 is 0 Å². The molecule has 0 aliphatic rings. The number of anilines is 2. The maximum atomic E-state index is 12.6. The molecule has 3 aromatic rings. The summed E-state index contributed by atoms with van der Waals surface area (Å²) in [4.78, 5) is 37.2. The van der Waals surface area contributed by atoms with Crippen molar-refractivity contribution in [3.63, 3.8) is 0 Å². The molecule has 3 rings (SSSR count). The Morgan fingerprint density at radius 3 is 2.10 bits per heavy atom. The number of benzene rings is 3. The molecule has 30 heavy (non-hydrogen) atoms. The molecule has 6 heteroatoms. The third-order valence-corrected chi connectivity index (χ3v) is 5.40. The van der Waals surface area contributed by atoms with Crippen molar-refractivity contribution in [1.29, 1.82) is 0 Å². The minimum atomic E-state index is -0.343. The fraction of sp³-hybridized carbons (Fsp3) is 0.125. The Labute approximate surface area is 179 Å². The lowest BCUT2D eigenvalue weighted by Crippen LogP contribution is -2.22. The lowest BCUT2D eigenvalue weighted by molar-refractivity contribution is -0.115. The van der Waals surface area contributed by atoms with Crippen LogP contribution in [0.25, 0.3) is 0 Å². The highest BCUT2D eigenvalue weighted by Gasteiger charge is 2.16. The smallest absolute Gasteiger partial charge is 0.237 e. The van der Waals surface area contributed by atoms with Crippen LogP contribution in [-0.2, 0) is 9.59 Å². The minimum Gasteiger partial charge on any atom is -0.326 e. The average Bonchev–Trinajstić information content (AvgIpc) is 2.75. The lowest BCUT2D eigenvalue weighted by atomic mass is 10.0. The van der Waals surface area contributed by atoms with E-state index in [1.54, 1.807) is 48.5 Å². The van der Waals surface area contributed by atoms with Crippen molar-refractivity contribution in [2.24, 2.45) is 0 Å². The van der Waals surface area contributed by atoms with E-state index >= 15 is 0 Å². The van der Waals surface area contributed by atoms with Gasteiger partial charge in [-0.15, -0.1) is 11.8 Å². The van der Waals surface area contributed by atoms with Crippen molar-refractivity contribution in [3.05, 3.63) is 90.0 Å². The van der Waals surface area contributed by atoms with Gasteiger partial charge in [-0.1, -0.05) is 42.5 Å². The van der Waals surface area contributed by atoms with Crippen LogP contribution in [0.5, 0.6) is 0 Å². The SMILES string of the molecule is CC(=O)Nc1ccc(SC(C)C(=O)Nc2cccc(C(=O)c3ccccc3)c2)cc1. The van der Waals surface area contributed by atoms with Gasteiger partial charge in [-0.05, 0) is 43.3 Å². The highest BCUT2D eigenvalue weighted by Crippen LogP contribution is 2.26. The molecule has 2 amide bonds. The number of amides is 2. The fourth-order valence-electron chi connectivity index (χ4n) is 2.82. The normalized spacial score (nSPS) is 11.4. The van der Waals surface area contributed by atoms with E-state index in [2.05, 4.69) is 10.6 Å². The summed E-state index contributed by atoms with van der Waals surface area (Å²) >= 11 is 1.41. The van der Waals surface area contributed by atoms with Gasteiger partial charge in [-0.3, -0.25) is 14.4 Å². The van der Waals surface area contributed by atoms with Crippen LogP contribution < -0.4 is 10.6 Å². The first-order valence-electron chi connectivity index (χ1n) is 9.47. The molecule has 0 radical (unpaired) electrons. The Hall–Kier alpha value is -3.38. The zero-order chi connectivity index (χ0) is 21.5. The molecule has 3 aromatic carbocycles. The summed E-state index contributed by atoms with van der Waals surface area (Å²) in [5, 5.41) is 5.25. The van der Waals surface area contributed by atoms with Gasteiger partial charge in [-0.2, -0.15) is 0 Å². The molecular formula is C24H22N2O3S. The molecule has 0 aliphatic heterocycles. The van der Waals surface area contributed by atoms with E-state index in [1.165, 1.54) is 18.7 Å². The number of nitrogens with one attached hydrogen (secondary N) is 2. The Bertz CT molecular complexity index is 1050. The maximum Gasteiger partial charge on any atom is 0.237 e. The van der Waals surface area contributed by atoms with Crippen LogP contribution in [0.3, 0.4) is 0 Å². The zero-order valence-corrected chi connectivity index (χ0v) is 17.5. The second kappa shape index (κ2) is 9.89. The molecule has 152 valence electrons. The van der Waals surface area contributed by atoms with Crippen molar-refractivity contribution in [3.8, 4) is 0 Å². The second-order valence-corrected chi connectivity index (χ2v) is 8.15. The van der Waals surface area contributed by atoms with Gasteiger partial charge >= 0.3 is 0 Å². The fourth-order valence-corrected chi connectivity index (χ4v) is 3.68. The van der Waals surface area contributed by atoms with Crippen molar-refractivity contribution < 1.29 is 14.4 Å². The molecule has 1 unspecified atom stereocenters. The second-order valence-electron chi connectivity index (χ2n) is 6.73. The van der Waals surface area contributed by atoms with E-state index in [4.69, 9.17) is 0 Å². The van der Waals surface area contributed by atoms with Crippen molar-refractivity contribution in [2.75, 3.05) is 10.6 Å². The number of ketones is 1. The molecule has 0 spiro atoms. The van der Waals surface area contributed by atoms with Gasteiger partial charge in [0.1, 0.15) is 0 Å². The number of thioether (sulfide) groups is 1. The molecule has 5 nitrogen and oxygen atoms in total. The van der Waals surface area contributed by atoms with E-state index in [0.717, 1.165) is 4.90 Å². The highest BCUT2D eigenvalue weighted by molar-refractivity contribution is 8.00. The zero-order valence-electron chi connectivity index (χ0n) is 16.7. The molecule has 0 saturated carbocycles. The van der Waals surface area contributed by atoms with Crippen LogP contribution in [0, 0.1) is 0 Å². The van der Waals surface area contributed by atoms with Crippen LogP contribution >= 0.6 is 11.8 Å².